The fourth-order valence-corrected chi connectivity index (χ4v) is 4.44. The summed E-state index contributed by atoms with van der Waals surface area (Å²) in [7, 11) is 0. The molecule has 4 aromatic rings. The highest BCUT2D eigenvalue weighted by atomic mass is 35.5. The van der Waals surface area contributed by atoms with Crippen LogP contribution in [0.25, 0.3) is 22.2 Å². The van der Waals surface area contributed by atoms with Crippen LogP contribution in [0.4, 0.5) is 8.78 Å². The van der Waals surface area contributed by atoms with Crippen molar-refractivity contribution in [2.45, 2.75) is 26.3 Å². The molecule has 162 valence electrons. The Morgan fingerprint density at radius 1 is 1.03 bits per heavy atom. The molecule has 32 heavy (non-hydrogen) atoms. The van der Waals surface area contributed by atoms with Gasteiger partial charge in [-0.1, -0.05) is 29.8 Å². The average molecular weight is 452 g/mol. The van der Waals surface area contributed by atoms with Gasteiger partial charge in [0.05, 0.1) is 21.6 Å². The number of carbonyl (C=O) groups excluding carboxylic acids is 1. The van der Waals surface area contributed by atoms with E-state index in [1.54, 1.807) is 4.90 Å². The lowest BCUT2D eigenvalue weighted by atomic mass is 9.97. The molecule has 5 rings (SSSR count). The number of aromatic nitrogens is 2. The molecule has 0 atom stereocenters. The van der Waals surface area contributed by atoms with Crippen LogP contribution in [0.2, 0.25) is 5.02 Å². The zero-order valence-electron chi connectivity index (χ0n) is 17.4. The summed E-state index contributed by atoms with van der Waals surface area (Å²) in [6.07, 6.45) is 1.56. The minimum atomic E-state index is -0.817. The first-order chi connectivity index (χ1) is 15.4. The van der Waals surface area contributed by atoms with Crippen LogP contribution in [0.3, 0.4) is 0 Å². The van der Waals surface area contributed by atoms with Gasteiger partial charge in [0.15, 0.2) is 0 Å². The second-order valence-corrected chi connectivity index (χ2v) is 8.52. The highest BCUT2D eigenvalue weighted by Crippen LogP contribution is 2.29. The van der Waals surface area contributed by atoms with E-state index >= 15 is 0 Å². The minimum Gasteiger partial charge on any atom is -0.342 e. The van der Waals surface area contributed by atoms with Crippen molar-refractivity contribution in [2.75, 3.05) is 6.54 Å². The van der Waals surface area contributed by atoms with Gasteiger partial charge in [-0.05, 0) is 72.4 Å². The number of nitrogens with one attached hydrogen (secondary N) is 1. The number of nitrogens with zero attached hydrogens (tertiary/aromatic N) is 2. The molecule has 3 aromatic carbocycles. The average Bonchev–Trinajstić information content (AvgIpc) is 3.01. The van der Waals surface area contributed by atoms with Crippen LogP contribution in [0, 0.1) is 18.6 Å². The highest BCUT2D eigenvalue weighted by Gasteiger charge is 2.24. The third-order valence-corrected chi connectivity index (χ3v) is 6.19. The van der Waals surface area contributed by atoms with Crippen molar-refractivity contribution in [3.05, 3.63) is 87.7 Å². The van der Waals surface area contributed by atoms with Crippen LogP contribution in [0.1, 0.15) is 33.7 Å². The number of imidazole rings is 1. The molecule has 0 saturated carbocycles. The van der Waals surface area contributed by atoms with Crippen LogP contribution < -0.4 is 0 Å². The van der Waals surface area contributed by atoms with Gasteiger partial charge >= 0.3 is 0 Å². The summed E-state index contributed by atoms with van der Waals surface area (Å²) in [5, 5.41) is -0.339. The lowest BCUT2D eigenvalue weighted by molar-refractivity contribution is 0.0740. The van der Waals surface area contributed by atoms with Gasteiger partial charge in [0.2, 0.25) is 0 Å². The summed E-state index contributed by atoms with van der Waals surface area (Å²) in [5.74, 6) is -1.30. The first-order valence-electron chi connectivity index (χ1n) is 10.4. The maximum atomic E-state index is 14.3. The lowest BCUT2D eigenvalue weighted by Crippen LogP contribution is -2.31. The van der Waals surface area contributed by atoms with Crippen LogP contribution in [0.15, 0.2) is 48.5 Å². The molecule has 0 aliphatic carbocycles. The summed E-state index contributed by atoms with van der Waals surface area (Å²) in [5.41, 5.74) is 5.78. The van der Waals surface area contributed by atoms with Crippen molar-refractivity contribution in [3.63, 3.8) is 0 Å². The Morgan fingerprint density at radius 2 is 1.81 bits per heavy atom. The highest BCUT2D eigenvalue weighted by molar-refractivity contribution is 6.30. The van der Waals surface area contributed by atoms with E-state index in [1.165, 1.54) is 0 Å². The maximum absolute atomic E-state index is 14.3. The number of aromatic amines is 1. The molecular formula is C25H20ClF2N3O. The smallest absolute Gasteiger partial charge is 0.257 e. The standard InChI is InChI=1S/C25H20ClF2N3O/c1-14-29-23-7-6-17(10-24(23)30-14)16-5-4-15-3-2-8-31(13-18(15)9-16)25(32)19-11-22(28)20(26)12-21(19)27/h4-7,9-12H,2-3,8,13H2,1H3,(H,29,30). The van der Waals surface area contributed by atoms with E-state index in [2.05, 4.69) is 28.2 Å². The van der Waals surface area contributed by atoms with Crippen molar-refractivity contribution in [1.82, 2.24) is 14.9 Å². The molecule has 0 fully saturated rings. The molecular weight excluding hydrogens is 432 g/mol. The number of aryl methyl sites for hydroxylation is 2. The first kappa shape index (κ1) is 20.6. The number of hydrogen-bond acceptors (Lipinski definition) is 2. The van der Waals surface area contributed by atoms with E-state index in [0.717, 1.165) is 64.1 Å². The molecule has 1 N–H and O–H groups in total. The lowest BCUT2D eigenvalue weighted by Gasteiger charge is -2.22. The normalized spacial score (nSPS) is 13.8. The molecule has 0 bridgehead atoms. The number of benzene rings is 3. The number of H-pyrrole nitrogens is 1. The molecule has 1 amide bonds. The fraction of sp³-hybridized carbons (Fsp3) is 0.200. The van der Waals surface area contributed by atoms with E-state index < -0.39 is 17.5 Å². The predicted molar refractivity (Wildman–Crippen MR) is 121 cm³/mol. The van der Waals surface area contributed by atoms with Crippen LogP contribution in [-0.4, -0.2) is 27.3 Å². The van der Waals surface area contributed by atoms with Crippen molar-refractivity contribution in [1.29, 1.82) is 0 Å². The quantitative estimate of drug-likeness (QED) is 0.377. The van der Waals surface area contributed by atoms with Crippen molar-refractivity contribution in [2.24, 2.45) is 0 Å². The van der Waals surface area contributed by atoms with E-state index in [9.17, 15) is 13.6 Å². The number of fused-ring (bicyclic) bond motifs is 2. The van der Waals surface area contributed by atoms with Gasteiger partial charge in [-0.2, -0.15) is 0 Å². The van der Waals surface area contributed by atoms with Gasteiger partial charge in [0, 0.05) is 13.1 Å². The van der Waals surface area contributed by atoms with Gasteiger partial charge in [-0.3, -0.25) is 4.79 Å². The Kier molecular flexibility index (Phi) is 5.18. The molecule has 0 spiro atoms. The summed E-state index contributed by atoms with van der Waals surface area (Å²) < 4.78 is 28.2. The van der Waals surface area contributed by atoms with Crippen LogP contribution in [0.5, 0.6) is 0 Å². The molecule has 1 aliphatic heterocycles. The SMILES string of the molecule is Cc1nc2cc(-c3ccc4c(c3)CN(C(=O)c3cc(F)c(Cl)cc3F)CCC4)ccc2[nH]1. The zero-order valence-corrected chi connectivity index (χ0v) is 18.1. The van der Waals surface area contributed by atoms with Crippen LogP contribution in [-0.2, 0) is 13.0 Å². The van der Waals surface area contributed by atoms with E-state index in [0.29, 0.717) is 13.1 Å². The van der Waals surface area contributed by atoms with Crippen molar-refractivity contribution < 1.29 is 13.6 Å². The Hall–Kier alpha value is -3.25. The second kappa shape index (κ2) is 8.02. The number of carbonyl (C=O) groups is 1. The Bertz CT molecular complexity index is 1370. The molecule has 1 aromatic heterocycles. The van der Waals surface area contributed by atoms with Gasteiger partial charge in [0.25, 0.3) is 5.91 Å². The summed E-state index contributed by atoms with van der Waals surface area (Å²) in [6, 6.07) is 14.0. The molecule has 0 saturated heterocycles. The second-order valence-electron chi connectivity index (χ2n) is 8.11. The number of amides is 1. The van der Waals surface area contributed by atoms with Gasteiger partial charge < -0.3 is 9.88 Å². The van der Waals surface area contributed by atoms with Gasteiger partial charge in [-0.25, -0.2) is 13.8 Å². The number of rotatable bonds is 2. The summed E-state index contributed by atoms with van der Waals surface area (Å²) in [6.45, 7) is 2.71. The van der Waals surface area contributed by atoms with E-state index in [4.69, 9.17) is 11.6 Å². The number of halogens is 3. The fourth-order valence-electron chi connectivity index (χ4n) is 4.28. The molecule has 1 aliphatic rings. The predicted octanol–water partition coefficient (Wildman–Crippen LogP) is 6.06. The molecule has 7 heteroatoms. The molecule has 0 unspecified atom stereocenters. The first-order valence-corrected chi connectivity index (χ1v) is 10.8. The molecule has 0 radical (unpaired) electrons. The van der Waals surface area contributed by atoms with Gasteiger partial charge in [-0.15, -0.1) is 0 Å². The third kappa shape index (κ3) is 3.75. The maximum Gasteiger partial charge on any atom is 0.257 e. The Balaban J connectivity index is 1.48. The van der Waals surface area contributed by atoms with Crippen molar-refractivity contribution in [3.8, 4) is 11.1 Å². The topological polar surface area (TPSA) is 49.0 Å². The van der Waals surface area contributed by atoms with Crippen molar-refractivity contribution >= 4 is 28.5 Å². The summed E-state index contributed by atoms with van der Waals surface area (Å²) >= 11 is 5.64. The third-order valence-electron chi connectivity index (χ3n) is 5.90. The Morgan fingerprint density at radius 3 is 2.66 bits per heavy atom. The molecule has 2 heterocycles. The largest absolute Gasteiger partial charge is 0.342 e. The summed E-state index contributed by atoms with van der Waals surface area (Å²) in [4.78, 5) is 22.3. The van der Waals surface area contributed by atoms with E-state index in [1.807, 2.05) is 25.1 Å². The minimum absolute atomic E-state index is 0.300. The number of hydrogen-bond donors (Lipinski definition) is 1. The van der Waals surface area contributed by atoms with Crippen LogP contribution >= 0.6 is 11.6 Å². The monoisotopic (exact) mass is 451 g/mol. The van der Waals surface area contributed by atoms with E-state index in [-0.39, 0.29) is 10.6 Å². The molecule has 4 nitrogen and oxygen atoms in total. The zero-order chi connectivity index (χ0) is 22.4. The van der Waals surface area contributed by atoms with Gasteiger partial charge in [0.1, 0.15) is 17.5 Å². The Labute approximate surface area is 188 Å².